The molecule has 3 aromatic rings. The third kappa shape index (κ3) is 3.52. The van der Waals surface area contributed by atoms with Gasteiger partial charge in [0, 0.05) is 0 Å². The van der Waals surface area contributed by atoms with Crippen molar-refractivity contribution in [2.75, 3.05) is 11.5 Å². The lowest BCUT2D eigenvalue weighted by molar-refractivity contribution is -0.139. The Bertz CT molecular complexity index is 905. The van der Waals surface area contributed by atoms with E-state index in [-0.39, 0.29) is 16.3 Å². The van der Waals surface area contributed by atoms with E-state index >= 15 is 0 Å². The number of rotatable bonds is 2. The molecular formula is C20H16O3S4. The minimum atomic E-state index is -0.662. The summed E-state index contributed by atoms with van der Waals surface area (Å²) in [5, 5.41) is 0. The average molecular weight is 433 g/mol. The second-order valence-corrected chi connectivity index (χ2v) is 11.1. The summed E-state index contributed by atoms with van der Waals surface area (Å²) < 4.78 is 15.6. The highest BCUT2D eigenvalue weighted by atomic mass is 32.2. The highest BCUT2D eigenvalue weighted by molar-refractivity contribution is 8.05. The van der Waals surface area contributed by atoms with Crippen molar-refractivity contribution in [1.82, 2.24) is 0 Å². The van der Waals surface area contributed by atoms with Crippen LogP contribution < -0.4 is 4.06 Å². The lowest BCUT2D eigenvalue weighted by Gasteiger charge is -2.25. The molecule has 3 nitrogen and oxygen atoms in total. The molecule has 0 unspecified atom stereocenters. The van der Waals surface area contributed by atoms with Crippen molar-refractivity contribution in [2.45, 2.75) is 26.4 Å². The molecule has 0 aliphatic carbocycles. The quantitative estimate of drug-likeness (QED) is 0.527. The van der Waals surface area contributed by atoms with E-state index in [2.05, 4.69) is 24.3 Å². The van der Waals surface area contributed by atoms with Gasteiger partial charge in [-0.25, -0.2) is 0 Å². The Balaban J connectivity index is 1.49. The van der Waals surface area contributed by atoms with Crippen LogP contribution in [0.1, 0.15) is 23.3 Å². The topological polar surface area (TPSA) is 35.5 Å². The van der Waals surface area contributed by atoms with Gasteiger partial charge in [0.25, 0.3) is 4.06 Å². The maximum absolute atomic E-state index is 11.7. The predicted molar refractivity (Wildman–Crippen MR) is 113 cm³/mol. The minimum absolute atomic E-state index is 0.148. The third-order valence-electron chi connectivity index (χ3n) is 4.58. The van der Waals surface area contributed by atoms with Gasteiger partial charge in [-0.2, -0.15) is 0 Å². The first-order chi connectivity index (χ1) is 13.2. The summed E-state index contributed by atoms with van der Waals surface area (Å²) in [5.41, 5.74) is 2.25. The fourth-order valence-corrected chi connectivity index (χ4v) is 8.83. The van der Waals surface area contributed by atoms with Crippen LogP contribution in [0.5, 0.6) is 0 Å². The first-order valence-corrected chi connectivity index (χ1v) is 12.2. The van der Waals surface area contributed by atoms with Gasteiger partial charge in [-0.1, -0.05) is 83.3 Å². The lowest BCUT2D eigenvalue weighted by atomic mass is 9.99. The predicted octanol–water partition coefficient (Wildman–Crippen LogP) is 5.59. The summed E-state index contributed by atoms with van der Waals surface area (Å²) in [7, 11) is 0. The molecule has 2 aliphatic rings. The van der Waals surface area contributed by atoms with Gasteiger partial charge in [0.05, 0.1) is 19.9 Å². The molecule has 138 valence electrons. The van der Waals surface area contributed by atoms with Gasteiger partial charge < -0.3 is 9.47 Å². The molecular weight excluding hydrogens is 416 g/mol. The van der Waals surface area contributed by atoms with Crippen LogP contribution in [-0.2, 0) is 9.47 Å². The molecule has 2 atom stereocenters. The van der Waals surface area contributed by atoms with E-state index in [0.29, 0.717) is 11.5 Å². The summed E-state index contributed by atoms with van der Waals surface area (Å²) in [6, 6.07) is 20.6. The van der Waals surface area contributed by atoms with E-state index in [9.17, 15) is 4.79 Å². The summed E-state index contributed by atoms with van der Waals surface area (Å²) in [5.74, 6) is 0.712. The van der Waals surface area contributed by atoms with E-state index in [4.69, 9.17) is 9.47 Å². The second kappa shape index (κ2) is 7.39. The van der Waals surface area contributed by atoms with E-state index in [1.165, 1.54) is 22.7 Å². The molecule has 27 heavy (non-hydrogen) atoms. The van der Waals surface area contributed by atoms with Gasteiger partial charge in [0.1, 0.15) is 12.2 Å². The molecule has 0 amide bonds. The minimum Gasteiger partial charge on any atom is -0.337 e. The highest BCUT2D eigenvalue weighted by Gasteiger charge is 2.50. The number of ether oxygens (including phenoxy) is 2. The molecule has 1 saturated heterocycles. The van der Waals surface area contributed by atoms with E-state index in [1.807, 2.05) is 36.4 Å². The van der Waals surface area contributed by atoms with Gasteiger partial charge in [-0.15, -0.1) is 23.5 Å². The van der Waals surface area contributed by atoms with Gasteiger partial charge in [-0.3, -0.25) is 4.79 Å². The molecule has 7 heteroatoms. The van der Waals surface area contributed by atoms with Crippen LogP contribution in [0.25, 0.3) is 0 Å². The van der Waals surface area contributed by atoms with E-state index in [0.717, 1.165) is 19.5 Å². The zero-order chi connectivity index (χ0) is 18.3. The standard InChI is InChI=1S/C20H16O3S4/c21-19-26-17-18(27-19)25-12-20(11-24-17)22-15(13-7-3-1-4-8-13)16(23-20)14-9-5-2-6-10-14/h1-10,15-16H,11-12H2/t15-,16-/m0/s1. The highest BCUT2D eigenvalue weighted by Crippen LogP contribution is 2.53. The molecule has 0 N–H and O–H groups in total. The molecule has 3 heterocycles. The molecule has 0 radical (unpaired) electrons. The Morgan fingerprint density at radius 2 is 1.19 bits per heavy atom. The van der Waals surface area contributed by atoms with Gasteiger partial charge in [0.2, 0.25) is 0 Å². The van der Waals surface area contributed by atoms with Crippen molar-refractivity contribution in [1.29, 1.82) is 0 Å². The average Bonchev–Trinajstić information content (AvgIpc) is 3.22. The number of fused-ring (bicyclic) bond motifs is 1. The smallest absolute Gasteiger partial charge is 0.289 e. The SMILES string of the molecule is O=c1sc2c(s1)SCC1(CS2)O[C@@H](c2ccccc2)[C@H](c2ccccc2)O1. The van der Waals surface area contributed by atoms with E-state index in [1.54, 1.807) is 23.5 Å². The lowest BCUT2D eigenvalue weighted by Crippen LogP contribution is -2.35. The Kier molecular flexibility index (Phi) is 4.92. The van der Waals surface area contributed by atoms with Crippen molar-refractivity contribution in [3.05, 3.63) is 80.6 Å². The molecule has 2 aliphatic heterocycles. The van der Waals surface area contributed by atoms with Crippen LogP contribution in [0, 0.1) is 0 Å². The van der Waals surface area contributed by atoms with Crippen molar-refractivity contribution in [2.24, 2.45) is 0 Å². The zero-order valence-electron chi connectivity index (χ0n) is 14.2. The Hall–Kier alpha value is -1.09. The molecule has 0 saturated carbocycles. The molecule has 0 bridgehead atoms. The first kappa shape index (κ1) is 18.0. The van der Waals surface area contributed by atoms with Crippen molar-refractivity contribution in [3.8, 4) is 0 Å². The summed E-state index contributed by atoms with van der Waals surface area (Å²) in [6.45, 7) is 0. The van der Waals surface area contributed by atoms with Crippen LogP contribution in [0.15, 0.2) is 73.9 Å². The number of hydrogen-bond acceptors (Lipinski definition) is 7. The molecule has 1 fully saturated rings. The van der Waals surface area contributed by atoms with Crippen molar-refractivity contribution < 1.29 is 9.47 Å². The third-order valence-corrected chi connectivity index (χ3v) is 10.0. The largest absolute Gasteiger partial charge is 0.337 e. The van der Waals surface area contributed by atoms with Gasteiger partial charge >= 0.3 is 0 Å². The van der Waals surface area contributed by atoms with Gasteiger partial charge in [0.15, 0.2) is 5.79 Å². The fraction of sp³-hybridized carbons (Fsp3) is 0.250. The van der Waals surface area contributed by atoms with Crippen molar-refractivity contribution >= 4 is 46.2 Å². The zero-order valence-corrected chi connectivity index (χ0v) is 17.5. The van der Waals surface area contributed by atoms with Crippen LogP contribution >= 0.6 is 46.2 Å². The summed E-state index contributed by atoms with van der Waals surface area (Å²) in [4.78, 5) is 11.7. The van der Waals surface area contributed by atoms with E-state index < -0.39 is 5.79 Å². The van der Waals surface area contributed by atoms with Crippen LogP contribution in [0.2, 0.25) is 0 Å². The molecule has 5 rings (SSSR count). The Morgan fingerprint density at radius 1 is 0.741 bits per heavy atom. The monoisotopic (exact) mass is 432 g/mol. The number of thioether (sulfide) groups is 2. The number of hydrogen-bond donors (Lipinski definition) is 0. The number of benzene rings is 2. The van der Waals surface area contributed by atoms with Crippen molar-refractivity contribution in [3.63, 3.8) is 0 Å². The fourth-order valence-electron chi connectivity index (χ4n) is 3.35. The maximum atomic E-state index is 11.7. The second-order valence-electron chi connectivity index (χ2n) is 6.42. The van der Waals surface area contributed by atoms with Gasteiger partial charge in [-0.05, 0) is 11.1 Å². The first-order valence-electron chi connectivity index (χ1n) is 8.58. The van der Waals surface area contributed by atoms with Crippen LogP contribution in [0.4, 0.5) is 0 Å². The molecule has 1 aromatic heterocycles. The molecule has 2 aromatic carbocycles. The normalized spacial score (nSPS) is 23.9. The van der Waals surface area contributed by atoms with Crippen LogP contribution in [-0.4, -0.2) is 17.3 Å². The van der Waals surface area contributed by atoms with Crippen LogP contribution in [0.3, 0.4) is 0 Å². The Labute approximate surface area is 173 Å². The maximum Gasteiger partial charge on any atom is 0.289 e. The summed E-state index contributed by atoms with van der Waals surface area (Å²) >= 11 is 6.03. The Morgan fingerprint density at radius 3 is 1.63 bits per heavy atom. The summed E-state index contributed by atoms with van der Waals surface area (Å²) in [6.07, 6.45) is -0.297. The molecule has 1 spiro atoms.